The molecule has 0 radical (unpaired) electrons. The Morgan fingerprint density at radius 3 is 2.65 bits per heavy atom. The zero-order valence-electron chi connectivity index (χ0n) is 8.21. The Morgan fingerprint density at radius 1 is 1.29 bits per heavy atom. The molecule has 0 fully saturated rings. The van der Waals surface area contributed by atoms with E-state index in [1.165, 1.54) is 22.9 Å². The molecule has 0 bridgehead atoms. The van der Waals surface area contributed by atoms with Gasteiger partial charge in [0.25, 0.3) is 5.56 Å². The van der Waals surface area contributed by atoms with Gasteiger partial charge in [0, 0.05) is 18.3 Å². The van der Waals surface area contributed by atoms with Gasteiger partial charge < -0.3 is 0 Å². The molecule has 0 aliphatic carbocycles. The molecule has 0 aliphatic rings. The van der Waals surface area contributed by atoms with Crippen LogP contribution in [-0.4, -0.2) is 9.55 Å². The van der Waals surface area contributed by atoms with Crippen molar-refractivity contribution in [2.24, 2.45) is 0 Å². The number of hydrogen-bond donors (Lipinski definition) is 1. The lowest BCUT2D eigenvalue weighted by atomic mass is 10.3. The fourth-order valence-corrected chi connectivity index (χ4v) is 1.89. The van der Waals surface area contributed by atoms with Gasteiger partial charge in [0.1, 0.15) is 11.6 Å². The Morgan fingerprint density at radius 2 is 2.00 bits per heavy atom. The van der Waals surface area contributed by atoms with Crippen molar-refractivity contribution in [3.05, 3.63) is 55.6 Å². The second-order valence-corrected chi connectivity index (χ2v) is 4.44. The lowest BCUT2D eigenvalue weighted by Gasteiger charge is -2.08. The Labute approximate surface area is 108 Å². The zero-order chi connectivity index (χ0) is 12.6. The predicted molar refractivity (Wildman–Crippen MR) is 64.8 cm³/mol. The number of aromatic nitrogens is 2. The van der Waals surface area contributed by atoms with E-state index in [0.717, 1.165) is 6.07 Å². The highest BCUT2D eigenvalue weighted by Crippen LogP contribution is 2.22. The van der Waals surface area contributed by atoms with Gasteiger partial charge in [-0.2, -0.15) is 0 Å². The summed E-state index contributed by atoms with van der Waals surface area (Å²) in [7, 11) is 0. The zero-order valence-corrected chi connectivity index (χ0v) is 10.6. The van der Waals surface area contributed by atoms with Crippen LogP contribution in [0, 0.1) is 16.4 Å². The number of nitrogens with zero attached hydrogens (tertiary/aromatic N) is 1. The Kier molecular flexibility index (Phi) is 3.21. The lowest BCUT2D eigenvalue weighted by Crippen LogP contribution is -2.11. The quantitative estimate of drug-likeness (QED) is 0.648. The molecule has 2 rings (SSSR count). The standard InChI is InChI=1S/C10H5BrF2N2OS/c11-5-3-8(7(13)4-6(5)12)15-2-1-9(16)14-10(15)17/h1-4H,(H,14,16,17). The summed E-state index contributed by atoms with van der Waals surface area (Å²) in [5, 5.41) is 0. The van der Waals surface area contributed by atoms with E-state index in [2.05, 4.69) is 20.9 Å². The molecule has 0 saturated heterocycles. The average molecular weight is 319 g/mol. The molecular formula is C10H5BrF2N2OS. The molecule has 1 aromatic carbocycles. The van der Waals surface area contributed by atoms with Crippen molar-refractivity contribution in [1.82, 2.24) is 9.55 Å². The molecule has 17 heavy (non-hydrogen) atoms. The highest BCUT2D eigenvalue weighted by Gasteiger charge is 2.10. The van der Waals surface area contributed by atoms with Crippen LogP contribution in [-0.2, 0) is 0 Å². The SMILES string of the molecule is O=c1ccn(-c2cc(Br)c(F)cc2F)c(=S)[nH]1. The molecule has 0 aliphatic heterocycles. The third-order valence-electron chi connectivity index (χ3n) is 2.07. The van der Waals surface area contributed by atoms with Gasteiger partial charge in [-0.3, -0.25) is 14.3 Å². The molecular weight excluding hydrogens is 314 g/mol. The van der Waals surface area contributed by atoms with E-state index in [-0.39, 0.29) is 20.5 Å². The van der Waals surface area contributed by atoms with Gasteiger partial charge in [-0.05, 0) is 34.2 Å². The van der Waals surface area contributed by atoms with Gasteiger partial charge in [-0.25, -0.2) is 8.78 Å². The van der Waals surface area contributed by atoms with Crippen molar-refractivity contribution in [3.8, 4) is 5.69 Å². The summed E-state index contributed by atoms with van der Waals surface area (Å²) in [4.78, 5) is 13.3. The van der Waals surface area contributed by atoms with Crippen molar-refractivity contribution >= 4 is 28.1 Å². The summed E-state index contributed by atoms with van der Waals surface area (Å²) >= 11 is 7.84. The number of rotatable bonds is 1. The first-order chi connectivity index (χ1) is 7.99. The minimum absolute atomic E-state index is 0.0370. The van der Waals surface area contributed by atoms with Crippen LogP contribution in [0.3, 0.4) is 0 Å². The van der Waals surface area contributed by atoms with E-state index >= 15 is 0 Å². The van der Waals surface area contributed by atoms with Crippen molar-refractivity contribution in [1.29, 1.82) is 0 Å². The van der Waals surface area contributed by atoms with Crippen molar-refractivity contribution < 1.29 is 8.78 Å². The van der Waals surface area contributed by atoms with E-state index in [4.69, 9.17) is 12.2 Å². The Hall–Kier alpha value is -1.34. The maximum atomic E-state index is 13.6. The van der Waals surface area contributed by atoms with Crippen molar-refractivity contribution in [2.75, 3.05) is 0 Å². The summed E-state index contributed by atoms with van der Waals surface area (Å²) < 4.78 is 28.0. The lowest BCUT2D eigenvalue weighted by molar-refractivity contribution is 0.572. The van der Waals surface area contributed by atoms with Crippen LogP contribution >= 0.6 is 28.1 Å². The minimum atomic E-state index is -0.770. The first-order valence-corrected chi connectivity index (χ1v) is 5.66. The monoisotopic (exact) mass is 318 g/mol. The smallest absolute Gasteiger partial charge is 0.251 e. The number of aromatic amines is 1. The second kappa shape index (κ2) is 4.50. The normalized spacial score (nSPS) is 10.5. The van der Waals surface area contributed by atoms with Gasteiger partial charge in [0.2, 0.25) is 0 Å². The predicted octanol–water partition coefficient (Wildman–Crippen LogP) is 2.94. The first kappa shape index (κ1) is 12.1. The number of nitrogens with one attached hydrogen (secondary N) is 1. The number of hydrogen-bond acceptors (Lipinski definition) is 2. The highest BCUT2D eigenvalue weighted by molar-refractivity contribution is 9.10. The highest BCUT2D eigenvalue weighted by atomic mass is 79.9. The van der Waals surface area contributed by atoms with Crippen LogP contribution in [0.25, 0.3) is 5.69 Å². The van der Waals surface area contributed by atoms with Gasteiger partial charge in [0.15, 0.2) is 4.77 Å². The fourth-order valence-electron chi connectivity index (χ4n) is 1.30. The van der Waals surface area contributed by atoms with Gasteiger partial charge in [-0.15, -0.1) is 0 Å². The molecule has 0 atom stereocenters. The van der Waals surface area contributed by atoms with Crippen molar-refractivity contribution in [3.63, 3.8) is 0 Å². The molecule has 0 spiro atoms. The molecule has 1 aromatic heterocycles. The topological polar surface area (TPSA) is 37.8 Å². The minimum Gasteiger partial charge on any atom is -0.299 e. The van der Waals surface area contributed by atoms with E-state index in [0.29, 0.717) is 0 Å². The molecule has 3 nitrogen and oxygen atoms in total. The maximum Gasteiger partial charge on any atom is 0.251 e. The van der Waals surface area contributed by atoms with E-state index in [9.17, 15) is 13.6 Å². The van der Waals surface area contributed by atoms with Crippen LogP contribution in [0.2, 0.25) is 0 Å². The fraction of sp³-hybridized carbons (Fsp3) is 0. The summed E-state index contributed by atoms with van der Waals surface area (Å²) in [6.45, 7) is 0. The number of H-pyrrole nitrogens is 1. The molecule has 2 aromatic rings. The van der Waals surface area contributed by atoms with Crippen LogP contribution in [0.5, 0.6) is 0 Å². The van der Waals surface area contributed by atoms with Crippen molar-refractivity contribution in [2.45, 2.75) is 0 Å². The molecule has 7 heteroatoms. The number of halogens is 3. The average Bonchev–Trinajstić information content (AvgIpc) is 2.24. The van der Waals surface area contributed by atoms with Gasteiger partial charge in [-0.1, -0.05) is 0 Å². The molecule has 0 saturated carbocycles. The van der Waals surface area contributed by atoms with Crippen LogP contribution in [0.1, 0.15) is 0 Å². The molecule has 1 heterocycles. The summed E-state index contributed by atoms with van der Waals surface area (Å²) in [5.41, 5.74) is -0.327. The van der Waals surface area contributed by atoms with E-state index < -0.39 is 11.6 Å². The summed E-state index contributed by atoms with van der Waals surface area (Å²) in [6.07, 6.45) is 1.32. The van der Waals surface area contributed by atoms with Gasteiger partial charge >= 0.3 is 0 Å². The van der Waals surface area contributed by atoms with E-state index in [1.54, 1.807) is 0 Å². The Bertz CT molecular complexity index is 695. The summed E-state index contributed by atoms with van der Waals surface area (Å²) in [6, 6.07) is 3.19. The number of benzene rings is 1. The van der Waals surface area contributed by atoms with Crippen LogP contribution < -0.4 is 5.56 Å². The van der Waals surface area contributed by atoms with Crippen LogP contribution in [0.15, 0.2) is 33.7 Å². The maximum absolute atomic E-state index is 13.6. The van der Waals surface area contributed by atoms with E-state index in [1.807, 2.05) is 0 Å². The third-order valence-corrected chi connectivity index (χ3v) is 2.98. The molecule has 0 amide bonds. The largest absolute Gasteiger partial charge is 0.299 e. The second-order valence-electron chi connectivity index (χ2n) is 3.20. The van der Waals surface area contributed by atoms with Gasteiger partial charge in [0.05, 0.1) is 10.2 Å². The first-order valence-electron chi connectivity index (χ1n) is 4.46. The third kappa shape index (κ3) is 2.34. The Balaban J connectivity index is 2.73. The molecule has 1 N–H and O–H groups in total. The van der Waals surface area contributed by atoms with Crippen LogP contribution in [0.4, 0.5) is 8.78 Å². The summed E-state index contributed by atoms with van der Waals surface area (Å²) in [5.74, 6) is -1.48. The molecule has 88 valence electrons. The molecule has 0 unspecified atom stereocenters.